The highest BCUT2D eigenvalue weighted by atomic mass is 15.2. The summed E-state index contributed by atoms with van der Waals surface area (Å²) in [6.07, 6.45) is 6.21. The summed E-state index contributed by atoms with van der Waals surface area (Å²) in [7, 11) is 0. The van der Waals surface area contributed by atoms with Gasteiger partial charge in [0.25, 0.3) is 0 Å². The van der Waals surface area contributed by atoms with E-state index in [1.165, 1.54) is 0 Å². The third-order valence-electron chi connectivity index (χ3n) is 4.08. The van der Waals surface area contributed by atoms with Gasteiger partial charge in [0.05, 0.1) is 5.69 Å². The van der Waals surface area contributed by atoms with Gasteiger partial charge in [-0.15, -0.1) is 0 Å². The van der Waals surface area contributed by atoms with Crippen molar-refractivity contribution in [3.8, 4) is 0 Å². The third-order valence-corrected chi connectivity index (χ3v) is 4.08. The van der Waals surface area contributed by atoms with E-state index in [0.29, 0.717) is 22.9 Å². The lowest BCUT2D eigenvalue weighted by atomic mass is 10.1. The largest absolute Gasteiger partial charge is 0.382 e. The molecule has 1 aliphatic rings. The van der Waals surface area contributed by atoms with Gasteiger partial charge in [-0.1, -0.05) is 0 Å². The fourth-order valence-corrected chi connectivity index (χ4v) is 2.99. The zero-order chi connectivity index (χ0) is 15.8. The average molecular weight is 311 g/mol. The van der Waals surface area contributed by atoms with Crippen molar-refractivity contribution in [2.24, 2.45) is 0 Å². The Morgan fingerprint density at radius 3 is 2.96 bits per heavy atom. The molecule has 118 valence electrons. The first-order chi connectivity index (χ1) is 11.2. The first-order valence-electron chi connectivity index (χ1n) is 7.45. The number of nitrogens with zero attached hydrogens (tertiary/aromatic N) is 6. The highest BCUT2D eigenvalue weighted by Gasteiger charge is 2.27. The Hall–Kier alpha value is -2.81. The molecule has 4 rings (SSSR count). The second kappa shape index (κ2) is 5.43. The predicted molar refractivity (Wildman–Crippen MR) is 85.2 cm³/mol. The van der Waals surface area contributed by atoms with Crippen LogP contribution >= 0.6 is 0 Å². The molecule has 1 atom stereocenters. The van der Waals surface area contributed by atoms with E-state index in [1.54, 1.807) is 18.6 Å². The molecule has 0 bridgehead atoms. The number of nitrogen functional groups attached to an aromatic ring is 2. The molecule has 1 saturated heterocycles. The number of likely N-dealkylation sites (tertiary alicyclic amines) is 1. The lowest BCUT2D eigenvalue weighted by molar-refractivity contribution is 0.321. The van der Waals surface area contributed by atoms with E-state index >= 15 is 0 Å². The maximum Gasteiger partial charge on any atom is 0.224 e. The molecule has 0 aromatic carbocycles. The molecule has 1 unspecified atom stereocenters. The normalized spacial score (nSPS) is 18.7. The number of hydrogen-bond donors (Lipinski definition) is 3. The Morgan fingerprint density at radius 2 is 2.13 bits per heavy atom. The van der Waals surface area contributed by atoms with Gasteiger partial charge >= 0.3 is 0 Å². The molecular formula is C14H17N9. The molecule has 0 saturated carbocycles. The van der Waals surface area contributed by atoms with E-state index in [0.717, 1.165) is 37.6 Å². The van der Waals surface area contributed by atoms with Gasteiger partial charge in [-0.05, 0) is 13.0 Å². The third kappa shape index (κ3) is 2.66. The first kappa shape index (κ1) is 13.8. The van der Waals surface area contributed by atoms with Crippen LogP contribution in [0, 0.1) is 0 Å². The standard InChI is InChI=1S/C14H17N9/c15-11-10-13(22-14(16)20-11)21-12(19-10)8-1-4-23(6-8)7-9-5-17-2-3-18-9/h2-3,5,8H,1,4,6-7H2,(H5,15,16,19,20,21,22). The number of rotatable bonds is 3. The van der Waals surface area contributed by atoms with Crippen molar-refractivity contribution in [2.75, 3.05) is 24.6 Å². The van der Waals surface area contributed by atoms with Crippen molar-refractivity contribution in [1.29, 1.82) is 0 Å². The Bertz CT molecular complexity index is 829. The smallest absolute Gasteiger partial charge is 0.224 e. The van der Waals surface area contributed by atoms with Gasteiger partial charge in [0.1, 0.15) is 11.3 Å². The number of aromatic nitrogens is 6. The molecule has 0 aliphatic carbocycles. The molecule has 5 N–H and O–H groups in total. The molecule has 1 fully saturated rings. The van der Waals surface area contributed by atoms with Gasteiger partial charge in [0.15, 0.2) is 11.5 Å². The van der Waals surface area contributed by atoms with E-state index in [4.69, 9.17) is 11.5 Å². The lowest BCUT2D eigenvalue weighted by Gasteiger charge is -2.14. The number of H-pyrrole nitrogens is 1. The molecule has 0 radical (unpaired) electrons. The average Bonchev–Trinajstić information content (AvgIpc) is 3.15. The number of nitrogens with two attached hydrogens (primary N) is 2. The zero-order valence-electron chi connectivity index (χ0n) is 12.5. The van der Waals surface area contributed by atoms with Crippen LogP contribution in [0.15, 0.2) is 18.6 Å². The number of imidazole rings is 1. The van der Waals surface area contributed by atoms with Crippen molar-refractivity contribution in [1.82, 2.24) is 34.8 Å². The monoisotopic (exact) mass is 311 g/mol. The molecule has 9 nitrogen and oxygen atoms in total. The molecule has 9 heteroatoms. The highest BCUT2D eigenvalue weighted by Crippen LogP contribution is 2.28. The minimum atomic E-state index is 0.142. The van der Waals surface area contributed by atoms with E-state index in [9.17, 15) is 0 Å². The Labute approximate surface area is 132 Å². The molecule has 0 spiro atoms. The minimum absolute atomic E-state index is 0.142. The highest BCUT2D eigenvalue weighted by molar-refractivity contribution is 5.82. The number of nitrogens with one attached hydrogen (secondary N) is 1. The lowest BCUT2D eigenvalue weighted by Crippen LogP contribution is -2.20. The molecule has 3 aromatic heterocycles. The molecule has 0 amide bonds. The van der Waals surface area contributed by atoms with Crippen LogP contribution in [0.3, 0.4) is 0 Å². The Morgan fingerprint density at radius 1 is 1.22 bits per heavy atom. The molecule has 23 heavy (non-hydrogen) atoms. The molecule has 3 aromatic rings. The SMILES string of the molecule is Nc1nc(N)c2[nH]c(C3CCN(Cc4cnccn4)C3)nc2n1. The summed E-state index contributed by atoms with van der Waals surface area (Å²) in [4.78, 5) is 26.6. The van der Waals surface area contributed by atoms with E-state index in [1.807, 2.05) is 0 Å². The Kier molecular flexibility index (Phi) is 3.27. The van der Waals surface area contributed by atoms with Crippen molar-refractivity contribution < 1.29 is 0 Å². The van der Waals surface area contributed by atoms with E-state index in [2.05, 4.69) is 34.8 Å². The van der Waals surface area contributed by atoms with Crippen LogP contribution in [0.5, 0.6) is 0 Å². The second-order valence-corrected chi connectivity index (χ2v) is 5.71. The predicted octanol–water partition coefficient (Wildman–Crippen LogP) is 0.297. The van der Waals surface area contributed by atoms with E-state index < -0.39 is 0 Å². The number of anilines is 2. The quantitative estimate of drug-likeness (QED) is 0.628. The topological polar surface area (TPSA) is 136 Å². The van der Waals surface area contributed by atoms with Gasteiger partial charge in [-0.25, -0.2) is 4.98 Å². The number of aromatic amines is 1. The van der Waals surface area contributed by atoms with Crippen molar-refractivity contribution in [3.63, 3.8) is 0 Å². The van der Waals surface area contributed by atoms with Gasteiger partial charge in [-0.3, -0.25) is 14.9 Å². The number of hydrogen-bond acceptors (Lipinski definition) is 8. The summed E-state index contributed by atoms with van der Waals surface area (Å²) in [6, 6.07) is 0. The van der Waals surface area contributed by atoms with Gasteiger partial charge in [0, 0.05) is 37.6 Å². The second-order valence-electron chi connectivity index (χ2n) is 5.71. The van der Waals surface area contributed by atoms with Crippen LogP contribution in [-0.2, 0) is 6.54 Å². The summed E-state index contributed by atoms with van der Waals surface area (Å²) in [6.45, 7) is 2.68. The van der Waals surface area contributed by atoms with Gasteiger partial charge in [0.2, 0.25) is 5.95 Å². The first-order valence-corrected chi connectivity index (χ1v) is 7.45. The summed E-state index contributed by atoms with van der Waals surface area (Å²) >= 11 is 0. The van der Waals surface area contributed by atoms with Crippen LogP contribution in [0.4, 0.5) is 11.8 Å². The summed E-state index contributed by atoms with van der Waals surface area (Å²) in [5, 5.41) is 0. The number of fused-ring (bicyclic) bond motifs is 1. The summed E-state index contributed by atoms with van der Waals surface area (Å²) < 4.78 is 0. The van der Waals surface area contributed by atoms with Crippen LogP contribution in [0.1, 0.15) is 23.9 Å². The minimum Gasteiger partial charge on any atom is -0.382 e. The summed E-state index contributed by atoms with van der Waals surface area (Å²) in [5.41, 5.74) is 13.6. The van der Waals surface area contributed by atoms with Crippen LogP contribution in [0.2, 0.25) is 0 Å². The van der Waals surface area contributed by atoms with Crippen LogP contribution in [0.25, 0.3) is 11.2 Å². The van der Waals surface area contributed by atoms with Crippen molar-refractivity contribution >= 4 is 22.9 Å². The fraction of sp³-hybridized carbons (Fsp3) is 0.357. The van der Waals surface area contributed by atoms with Gasteiger partial charge in [-0.2, -0.15) is 9.97 Å². The van der Waals surface area contributed by atoms with Crippen molar-refractivity contribution in [3.05, 3.63) is 30.1 Å². The maximum absolute atomic E-state index is 5.87. The Balaban J connectivity index is 1.52. The fourth-order valence-electron chi connectivity index (χ4n) is 2.99. The van der Waals surface area contributed by atoms with Crippen molar-refractivity contribution in [2.45, 2.75) is 18.9 Å². The van der Waals surface area contributed by atoms with Gasteiger partial charge < -0.3 is 16.5 Å². The molecule has 1 aliphatic heterocycles. The molecule has 4 heterocycles. The zero-order valence-corrected chi connectivity index (χ0v) is 12.5. The van der Waals surface area contributed by atoms with E-state index in [-0.39, 0.29) is 5.95 Å². The van der Waals surface area contributed by atoms with Crippen LogP contribution < -0.4 is 11.5 Å². The maximum atomic E-state index is 5.87. The molecular weight excluding hydrogens is 294 g/mol. The summed E-state index contributed by atoms with van der Waals surface area (Å²) in [5.74, 6) is 1.67. The van der Waals surface area contributed by atoms with Crippen LogP contribution in [-0.4, -0.2) is 47.9 Å².